The highest BCUT2D eigenvalue weighted by atomic mass is 16.5. The van der Waals surface area contributed by atoms with Gasteiger partial charge in [0.15, 0.2) is 6.10 Å². The number of hydrogen-bond donors (Lipinski definition) is 1. The van der Waals surface area contributed by atoms with Gasteiger partial charge in [0.1, 0.15) is 5.75 Å². The maximum atomic E-state index is 8.89. The van der Waals surface area contributed by atoms with Gasteiger partial charge in [0.25, 0.3) is 0 Å². The van der Waals surface area contributed by atoms with Gasteiger partial charge in [-0.3, -0.25) is 0 Å². The Kier molecular flexibility index (Phi) is 3.90. The second kappa shape index (κ2) is 5.61. The lowest BCUT2D eigenvalue weighted by Crippen LogP contribution is -2.41. The molecule has 0 amide bonds. The Morgan fingerprint density at radius 2 is 2.44 bits per heavy atom. The molecule has 1 saturated heterocycles. The minimum atomic E-state index is -0.369. The van der Waals surface area contributed by atoms with Crippen molar-refractivity contribution in [2.24, 2.45) is 0 Å². The van der Waals surface area contributed by atoms with Crippen LogP contribution in [0, 0.1) is 11.3 Å². The lowest BCUT2D eigenvalue weighted by atomic mass is 10.2. The van der Waals surface area contributed by atoms with Gasteiger partial charge in [-0.2, -0.15) is 5.26 Å². The summed E-state index contributed by atoms with van der Waals surface area (Å²) in [5.41, 5.74) is 7.48. The third-order valence-electron chi connectivity index (χ3n) is 2.87. The molecule has 2 N–H and O–H groups in total. The first-order valence-corrected chi connectivity index (χ1v) is 6.03. The van der Waals surface area contributed by atoms with E-state index < -0.39 is 0 Å². The zero-order valence-corrected chi connectivity index (χ0v) is 10.4. The number of nitrogen functional groups attached to an aromatic ring is 1. The van der Waals surface area contributed by atoms with Gasteiger partial charge >= 0.3 is 0 Å². The molecule has 0 spiro atoms. The predicted molar refractivity (Wildman–Crippen MR) is 69.6 cm³/mol. The molecule has 0 aliphatic carbocycles. The molecule has 1 atom stereocenters. The molecule has 0 aromatic heterocycles. The number of ether oxygens (including phenoxy) is 2. The first kappa shape index (κ1) is 12.5. The van der Waals surface area contributed by atoms with Crippen molar-refractivity contribution in [2.45, 2.75) is 13.0 Å². The first-order valence-electron chi connectivity index (χ1n) is 6.03. The van der Waals surface area contributed by atoms with Crippen LogP contribution >= 0.6 is 0 Å². The summed E-state index contributed by atoms with van der Waals surface area (Å²) in [6, 6.07) is 7.82. The summed E-state index contributed by atoms with van der Waals surface area (Å²) < 4.78 is 10.8. The summed E-state index contributed by atoms with van der Waals surface area (Å²) in [6.07, 6.45) is -0.369. The maximum absolute atomic E-state index is 8.89. The quantitative estimate of drug-likeness (QED) is 0.817. The fourth-order valence-corrected chi connectivity index (χ4v) is 1.96. The number of rotatable bonds is 3. The molecule has 1 fully saturated rings. The Morgan fingerprint density at radius 1 is 1.61 bits per heavy atom. The molecule has 18 heavy (non-hydrogen) atoms. The minimum absolute atomic E-state index is 0.369. The van der Waals surface area contributed by atoms with Crippen LogP contribution in [0.1, 0.15) is 6.92 Å². The molecule has 1 aromatic carbocycles. The van der Waals surface area contributed by atoms with Crippen LogP contribution in [0.5, 0.6) is 5.75 Å². The van der Waals surface area contributed by atoms with Gasteiger partial charge in [-0.05, 0) is 19.1 Å². The highest BCUT2D eigenvalue weighted by Crippen LogP contribution is 2.28. The average molecular weight is 247 g/mol. The molecule has 0 radical (unpaired) electrons. The highest BCUT2D eigenvalue weighted by molar-refractivity contribution is 5.62. The molecular weight excluding hydrogens is 230 g/mol. The molecule has 96 valence electrons. The molecule has 5 nitrogen and oxygen atoms in total. The van der Waals surface area contributed by atoms with Gasteiger partial charge in [0, 0.05) is 18.3 Å². The Bertz CT molecular complexity index is 456. The molecule has 1 unspecified atom stereocenters. The normalized spacial score (nSPS) is 19.3. The van der Waals surface area contributed by atoms with Crippen LogP contribution in [0.25, 0.3) is 0 Å². The number of benzene rings is 1. The van der Waals surface area contributed by atoms with Gasteiger partial charge in [-0.1, -0.05) is 0 Å². The van der Waals surface area contributed by atoms with Crippen molar-refractivity contribution in [3.05, 3.63) is 18.2 Å². The van der Waals surface area contributed by atoms with Gasteiger partial charge in [0.2, 0.25) is 0 Å². The second-order valence-electron chi connectivity index (χ2n) is 4.09. The summed E-state index contributed by atoms with van der Waals surface area (Å²) in [6.45, 7) is 4.41. The molecule has 0 bridgehead atoms. The van der Waals surface area contributed by atoms with E-state index in [0.717, 1.165) is 12.2 Å². The van der Waals surface area contributed by atoms with Crippen molar-refractivity contribution < 1.29 is 9.47 Å². The van der Waals surface area contributed by atoms with Crippen LogP contribution in [-0.4, -0.2) is 32.4 Å². The van der Waals surface area contributed by atoms with Gasteiger partial charge < -0.3 is 20.1 Å². The molecule has 0 saturated carbocycles. The number of morpholine rings is 1. The zero-order chi connectivity index (χ0) is 13.0. The third kappa shape index (κ3) is 2.66. The first-order chi connectivity index (χ1) is 8.74. The van der Waals surface area contributed by atoms with E-state index in [0.29, 0.717) is 31.2 Å². The van der Waals surface area contributed by atoms with Crippen molar-refractivity contribution in [1.82, 2.24) is 0 Å². The fourth-order valence-electron chi connectivity index (χ4n) is 1.96. The van der Waals surface area contributed by atoms with E-state index in [4.69, 9.17) is 20.5 Å². The van der Waals surface area contributed by atoms with Crippen LogP contribution in [0.3, 0.4) is 0 Å². The van der Waals surface area contributed by atoms with Gasteiger partial charge in [0.05, 0.1) is 31.5 Å². The SMILES string of the molecule is CCOc1cc(N2CCOC(C#N)C2)ccc1N. The van der Waals surface area contributed by atoms with E-state index in [9.17, 15) is 0 Å². The van der Waals surface area contributed by atoms with Crippen LogP contribution < -0.4 is 15.4 Å². The number of anilines is 2. The summed E-state index contributed by atoms with van der Waals surface area (Å²) in [4.78, 5) is 2.11. The van der Waals surface area contributed by atoms with Crippen molar-refractivity contribution in [3.63, 3.8) is 0 Å². The molecule has 1 aliphatic heterocycles. The Labute approximate surface area is 107 Å². The zero-order valence-electron chi connectivity index (χ0n) is 10.4. The van der Waals surface area contributed by atoms with Crippen molar-refractivity contribution in [3.8, 4) is 11.8 Å². The lowest BCUT2D eigenvalue weighted by Gasteiger charge is -2.31. The van der Waals surface area contributed by atoms with Crippen LogP contribution in [0.15, 0.2) is 18.2 Å². The molecule has 1 aromatic rings. The van der Waals surface area contributed by atoms with Crippen molar-refractivity contribution >= 4 is 11.4 Å². The Morgan fingerprint density at radius 3 is 3.17 bits per heavy atom. The second-order valence-corrected chi connectivity index (χ2v) is 4.09. The van der Waals surface area contributed by atoms with Crippen LogP contribution in [-0.2, 0) is 4.74 Å². The van der Waals surface area contributed by atoms with Gasteiger partial charge in [-0.15, -0.1) is 0 Å². The molecule has 2 rings (SSSR count). The summed E-state index contributed by atoms with van der Waals surface area (Å²) in [5.74, 6) is 0.690. The Balaban J connectivity index is 2.17. The standard InChI is InChI=1S/C13H17N3O2/c1-2-17-13-7-10(3-4-12(13)15)16-5-6-18-11(8-14)9-16/h3-4,7,11H,2,5-6,9,15H2,1H3. The summed E-state index contributed by atoms with van der Waals surface area (Å²) in [5, 5.41) is 8.89. The van der Waals surface area contributed by atoms with Crippen molar-refractivity contribution in [1.29, 1.82) is 5.26 Å². The molecule has 1 aliphatic rings. The topological polar surface area (TPSA) is 71.5 Å². The monoisotopic (exact) mass is 247 g/mol. The predicted octanol–water partition coefficient (Wildman–Crippen LogP) is 1.40. The number of nitrogens with two attached hydrogens (primary N) is 1. The fraction of sp³-hybridized carbons (Fsp3) is 0.462. The van der Waals surface area contributed by atoms with E-state index in [1.54, 1.807) is 0 Å². The van der Waals surface area contributed by atoms with E-state index in [1.165, 1.54) is 0 Å². The number of hydrogen-bond acceptors (Lipinski definition) is 5. The third-order valence-corrected chi connectivity index (χ3v) is 2.87. The van der Waals surface area contributed by atoms with E-state index in [-0.39, 0.29) is 6.10 Å². The van der Waals surface area contributed by atoms with E-state index in [1.807, 2.05) is 25.1 Å². The summed E-state index contributed by atoms with van der Waals surface area (Å²) >= 11 is 0. The smallest absolute Gasteiger partial charge is 0.161 e. The Hall–Kier alpha value is -1.93. The number of nitriles is 1. The van der Waals surface area contributed by atoms with Crippen molar-refractivity contribution in [2.75, 3.05) is 36.9 Å². The van der Waals surface area contributed by atoms with Crippen LogP contribution in [0.4, 0.5) is 11.4 Å². The maximum Gasteiger partial charge on any atom is 0.161 e. The van der Waals surface area contributed by atoms with Crippen LogP contribution in [0.2, 0.25) is 0 Å². The van der Waals surface area contributed by atoms with Gasteiger partial charge in [-0.25, -0.2) is 0 Å². The lowest BCUT2D eigenvalue weighted by molar-refractivity contribution is 0.0764. The van der Waals surface area contributed by atoms with E-state index in [2.05, 4.69) is 11.0 Å². The minimum Gasteiger partial charge on any atom is -0.492 e. The number of nitrogens with zero attached hydrogens (tertiary/aromatic N) is 2. The molecular formula is C13H17N3O2. The largest absolute Gasteiger partial charge is 0.492 e. The molecule has 1 heterocycles. The van der Waals surface area contributed by atoms with E-state index >= 15 is 0 Å². The summed E-state index contributed by atoms with van der Waals surface area (Å²) in [7, 11) is 0. The average Bonchev–Trinajstić information content (AvgIpc) is 2.41. The highest BCUT2D eigenvalue weighted by Gasteiger charge is 2.20. The molecule has 5 heteroatoms.